The average Bonchev–Trinajstić information content (AvgIpc) is 2.93. The molecule has 0 amide bonds. The number of hydrogen-bond acceptors (Lipinski definition) is 0. The molecule has 2 atom stereocenters. The third-order valence-corrected chi connectivity index (χ3v) is 8.44. The zero-order valence-corrected chi connectivity index (χ0v) is 19.7. The van der Waals surface area contributed by atoms with E-state index in [-0.39, 0.29) is 6.84 Å². The van der Waals surface area contributed by atoms with Gasteiger partial charge in [0.25, 0.3) is 0 Å². The molecule has 3 aromatic rings. The zero-order valence-electron chi connectivity index (χ0n) is 15.4. The normalized spacial score (nSPS) is 24.8. The molecule has 130 valence electrons. The highest BCUT2D eigenvalue weighted by molar-refractivity contribution is 14.1. The largest absolute Gasteiger partial charge is 0.0702 e. The summed E-state index contributed by atoms with van der Waals surface area (Å²) in [7, 11) is 0. The fourth-order valence-corrected chi connectivity index (χ4v) is 6.46. The molecule has 0 spiro atoms. The number of benzene rings is 3. The fourth-order valence-electron chi connectivity index (χ4n) is 4.68. The molecule has 0 saturated carbocycles. The molecule has 1 unspecified atom stereocenters. The minimum Gasteiger partial charge on any atom is -0.0686 e. The van der Waals surface area contributed by atoms with E-state index in [0.29, 0.717) is 0 Å². The van der Waals surface area contributed by atoms with Crippen molar-refractivity contribution in [1.29, 1.82) is 0 Å². The number of alkyl halides is 2. The number of rotatable bonds is 0. The molecule has 0 aliphatic heterocycles. The monoisotopic (exact) mass is 562 g/mol. The molecule has 0 saturated heterocycles. The van der Waals surface area contributed by atoms with Crippen LogP contribution >= 0.6 is 45.2 Å². The fraction of sp³-hybridized carbons (Fsp3) is 0.250. The number of halogens is 2. The van der Waals surface area contributed by atoms with Crippen molar-refractivity contribution in [2.24, 2.45) is 0 Å². The molecule has 2 aliphatic carbocycles. The van der Waals surface area contributed by atoms with Crippen molar-refractivity contribution in [1.82, 2.24) is 0 Å². The Morgan fingerprint density at radius 1 is 0.538 bits per heavy atom. The summed E-state index contributed by atoms with van der Waals surface area (Å²) in [6, 6.07) is 18.8. The second-order valence-corrected chi connectivity index (χ2v) is 12.4. The van der Waals surface area contributed by atoms with Crippen LogP contribution in [0, 0.1) is 13.8 Å². The van der Waals surface area contributed by atoms with Crippen molar-refractivity contribution >= 4 is 45.2 Å². The SMILES string of the molecule is Cc1ccc2c(c1)C(C)(I)c1cc3c(cc1-2)[C@@](C)(I)c1cc(C)ccc1-3. The first-order chi connectivity index (χ1) is 12.2. The molecule has 3 aromatic carbocycles. The van der Waals surface area contributed by atoms with Crippen LogP contribution in [0.1, 0.15) is 47.2 Å². The lowest BCUT2D eigenvalue weighted by atomic mass is 9.92. The molecule has 2 aliphatic rings. The number of hydrogen-bond donors (Lipinski definition) is 0. The van der Waals surface area contributed by atoms with Crippen LogP contribution in [0.4, 0.5) is 0 Å². The van der Waals surface area contributed by atoms with Gasteiger partial charge in [-0.05, 0) is 84.3 Å². The van der Waals surface area contributed by atoms with Crippen LogP contribution in [0.2, 0.25) is 0 Å². The second-order valence-electron chi connectivity index (χ2n) is 8.05. The Labute approximate surface area is 182 Å². The predicted octanol–water partition coefficient (Wildman–Crippen LogP) is 7.66. The molecule has 0 nitrogen and oxygen atoms in total. The Bertz CT molecular complexity index is 1010. The molecule has 0 N–H and O–H groups in total. The van der Waals surface area contributed by atoms with Gasteiger partial charge in [0.2, 0.25) is 0 Å². The van der Waals surface area contributed by atoms with E-state index >= 15 is 0 Å². The van der Waals surface area contributed by atoms with E-state index in [1.807, 2.05) is 0 Å². The highest BCUT2D eigenvalue weighted by Crippen LogP contribution is 2.59. The smallest absolute Gasteiger partial charge is 0.0686 e. The maximum Gasteiger partial charge on any atom is 0.0702 e. The topological polar surface area (TPSA) is 0 Å². The number of fused-ring (bicyclic) bond motifs is 6. The van der Waals surface area contributed by atoms with Gasteiger partial charge in [0.05, 0.1) is 6.84 Å². The van der Waals surface area contributed by atoms with E-state index in [1.54, 1.807) is 0 Å². The van der Waals surface area contributed by atoms with Crippen molar-refractivity contribution in [2.75, 3.05) is 0 Å². The molecule has 0 radical (unpaired) electrons. The van der Waals surface area contributed by atoms with Crippen LogP contribution in [-0.4, -0.2) is 0 Å². The predicted molar refractivity (Wildman–Crippen MR) is 128 cm³/mol. The Kier molecular flexibility index (Phi) is 3.54. The van der Waals surface area contributed by atoms with Gasteiger partial charge in [0.1, 0.15) is 0 Å². The third kappa shape index (κ3) is 2.12. The van der Waals surface area contributed by atoms with Crippen LogP contribution in [0.25, 0.3) is 22.3 Å². The first kappa shape index (κ1) is 17.2. The highest BCUT2D eigenvalue weighted by Gasteiger charge is 2.43. The molecular weight excluding hydrogens is 542 g/mol. The summed E-state index contributed by atoms with van der Waals surface area (Å²) in [5.74, 6) is 0. The van der Waals surface area contributed by atoms with Crippen molar-refractivity contribution < 1.29 is 0 Å². The van der Waals surface area contributed by atoms with Crippen LogP contribution < -0.4 is 0 Å². The highest BCUT2D eigenvalue weighted by atomic mass is 127. The Morgan fingerprint density at radius 3 is 1.27 bits per heavy atom. The van der Waals surface area contributed by atoms with E-state index in [1.165, 1.54) is 55.6 Å². The zero-order chi connectivity index (χ0) is 18.4. The van der Waals surface area contributed by atoms with Gasteiger partial charge in [-0.1, -0.05) is 92.7 Å². The van der Waals surface area contributed by atoms with Crippen LogP contribution in [-0.2, 0) is 6.84 Å². The summed E-state index contributed by atoms with van der Waals surface area (Å²) in [4.78, 5) is 0. The quantitative estimate of drug-likeness (QED) is 0.195. The van der Waals surface area contributed by atoms with Crippen LogP contribution in [0.5, 0.6) is 0 Å². The van der Waals surface area contributed by atoms with E-state index in [0.717, 1.165) is 0 Å². The van der Waals surface area contributed by atoms with Crippen molar-refractivity contribution in [2.45, 2.75) is 34.5 Å². The van der Waals surface area contributed by atoms with E-state index in [4.69, 9.17) is 0 Å². The standard InChI is InChI=1S/C24H20I2/c1-13-5-7-15-17-11-22-18(12-21(17)23(3,25)19(15)9-13)16-8-6-14(2)10-20(16)24(22,4)26/h5-12H,1-4H3/t23-,24?/m0/s1. The van der Waals surface area contributed by atoms with Crippen molar-refractivity contribution in [3.63, 3.8) is 0 Å². The van der Waals surface area contributed by atoms with Gasteiger partial charge in [-0.2, -0.15) is 0 Å². The number of aryl methyl sites for hydroxylation is 2. The Hall–Kier alpha value is -0.880. The lowest BCUT2D eigenvalue weighted by Crippen LogP contribution is -2.12. The Morgan fingerprint density at radius 2 is 0.885 bits per heavy atom. The van der Waals surface area contributed by atoms with Gasteiger partial charge < -0.3 is 0 Å². The van der Waals surface area contributed by atoms with Gasteiger partial charge in [0, 0.05) is 0 Å². The lowest BCUT2D eigenvalue weighted by Gasteiger charge is -2.22. The van der Waals surface area contributed by atoms with Gasteiger partial charge in [0.15, 0.2) is 0 Å². The molecule has 5 rings (SSSR count). The average molecular weight is 562 g/mol. The molecule has 0 bridgehead atoms. The third-order valence-electron chi connectivity index (χ3n) is 6.11. The molecular formula is C24H20I2. The summed E-state index contributed by atoms with van der Waals surface area (Å²) in [6.07, 6.45) is 0. The van der Waals surface area contributed by atoms with Gasteiger partial charge in [-0.15, -0.1) is 0 Å². The second kappa shape index (κ2) is 5.34. The first-order valence-corrected chi connectivity index (χ1v) is 11.2. The maximum atomic E-state index is 2.64. The Balaban J connectivity index is 1.84. The minimum absolute atomic E-state index is 0.0264. The van der Waals surface area contributed by atoms with E-state index in [9.17, 15) is 0 Å². The summed E-state index contributed by atoms with van der Waals surface area (Å²) < 4.78 is 0.0528. The molecule has 0 heterocycles. The molecule has 2 heteroatoms. The summed E-state index contributed by atoms with van der Waals surface area (Å²) in [6.45, 7) is 9.10. The van der Waals surface area contributed by atoms with Crippen LogP contribution in [0.15, 0.2) is 48.5 Å². The summed E-state index contributed by atoms with van der Waals surface area (Å²) in [5.41, 5.74) is 14.2. The van der Waals surface area contributed by atoms with Crippen molar-refractivity contribution in [3.8, 4) is 22.3 Å². The van der Waals surface area contributed by atoms with E-state index < -0.39 is 0 Å². The first-order valence-electron chi connectivity index (χ1n) is 9.01. The minimum atomic E-state index is 0.0264. The molecule has 0 aromatic heterocycles. The van der Waals surface area contributed by atoms with Gasteiger partial charge >= 0.3 is 0 Å². The van der Waals surface area contributed by atoms with Crippen LogP contribution in [0.3, 0.4) is 0 Å². The summed E-state index contributed by atoms with van der Waals surface area (Å²) in [5, 5.41) is 0. The van der Waals surface area contributed by atoms with E-state index in [2.05, 4.69) is 121 Å². The molecule has 26 heavy (non-hydrogen) atoms. The maximum absolute atomic E-state index is 2.64. The van der Waals surface area contributed by atoms with Gasteiger partial charge in [-0.3, -0.25) is 0 Å². The van der Waals surface area contributed by atoms with Gasteiger partial charge in [-0.25, -0.2) is 0 Å². The summed E-state index contributed by atoms with van der Waals surface area (Å²) >= 11 is 5.29. The molecule has 0 fully saturated rings. The van der Waals surface area contributed by atoms with Crippen molar-refractivity contribution in [3.05, 3.63) is 81.9 Å². The lowest BCUT2D eigenvalue weighted by molar-refractivity contribution is 0.901.